The highest BCUT2D eigenvalue weighted by Gasteiger charge is 2.45. The first kappa shape index (κ1) is 22.6. The van der Waals surface area contributed by atoms with E-state index in [2.05, 4.69) is 48.5 Å². The molecule has 0 aliphatic heterocycles. The van der Waals surface area contributed by atoms with Gasteiger partial charge in [0.1, 0.15) is 0 Å². The number of hydrogen-bond acceptors (Lipinski definition) is 2. The molecule has 5 rings (SSSR count). The van der Waals surface area contributed by atoms with Crippen molar-refractivity contribution in [2.24, 2.45) is 0 Å². The fourth-order valence-electron chi connectivity index (χ4n) is 5.61. The van der Waals surface area contributed by atoms with Crippen LogP contribution in [0.3, 0.4) is 0 Å². The quantitative estimate of drug-likeness (QED) is 0.295. The van der Waals surface area contributed by atoms with Crippen molar-refractivity contribution in [1.82, 2.24) is 0 Å². The highest BCUT2D eigenvalue weighted by Crippen LogP contribution is 2.58. The minimum atomic E-state index is -0.881. The number of carbonyl (C=O) groups is 2. The van der Waals surface area contributed by atoms with Gasteiger partial charge in [-0.1, -0.05) is 97.1 Å². The fourth-order valence-corrected chi connectivity index (χ4v) is 5.61. The van der Waals surface area contributed by atoms with E-state index < -0.39 is 17.4 Å². The van der Waals surface area contributed by atoms with Gasteiger partial charge >= 0.3 is 11.9 Å². The van der Waals surface area contributed by atoms with Gasteiger partial charge in [0.15, 0.2) is 0 Å². The lowest BCUT2D eigenvalue weighted by Gasteiger charge is -2.32. The number of carboxylic acids is 2. The Morgan fingerprint density at radius 2 is 0.943 bits per heavy atom. The normalized spacial score (nSPS) is 13.1. The van der Waals surface area contributed by atoms with Crippen molar-refractivity contribution in [2.75, 3.05) is 0 Å². The molecule has 0 saturated carbocycles. The van der Waals surface area contributed by atoms with Crippen LogP contribution in [0.2, 0.25) is 0 Å². The highest BCUT2D eigenvalue weighted by atomic mass is 16.4. The monoisotopic (exact) mass is 462 g/mol. The Morgan fingerprint density at radius 1 is 0.543 bits per heavy atom. The Hall–Kier alpha value is -4.18. The molecular formula is C31H26O4. The van der Waals surface area contributed by atoms with Gasteiger partial charge < -0.3 is 10.2 Å². The van der Waals surface area contributed by atoms with Crippen molar-refractivity contribution in [3.05, 3.63) is 108 Å². The van der Waals surface area contributed by atoms with Crippen LogP contribution in [-0.2, 0) is 15.0 Å². The molecular weight excluding hydrogens is 436 g/mol. The Balaban J connectivity index is 1.85. The van der Waals surface area contributed by atoms with Gasteiger partial charge in [-0.25, -0.2) is 0 Å². The van der Waals surface area contributed by atoms with Gasteiger partial charge in [-0.3, -0.25) is 9.59 Å². The molecule has 174 valence electrons. The van der Waals surface area contributed by atoms with Crippen LogP contribution in [0, 0.1) is 0 Å². The summed E-state index contributed by atoms with van der Waals surface area (Å²) in [5, 5.41) is 19.2. The zero-order valence-electron chi connectivity index (χ0n) is 19.3. The number of carboxylic acid groups (broad SMARTS) is 2. The van der Waals surface area contributed by atoms with E-state index in [-0.39, 0.29) is 12.8 Å². The van der Waals surface area contributed by atoms with E-state index in [4.69, 9.17) is 0 Å². The van der Waals surface area contributed by atoms with Crippen LogP contribution in [0.1, 0.15) is 36.8 Å². The van der Waals surface area contributed by atoms with Gasteiger partial charge in [-0.2, -0.15) is 0 Å². The number of aliphatic carboxylic acids is 2. The first-order chi connectivity index (χ1) is 17.0. The summed E-state index contributed by atoms with van der Waals surface area (Å²) in [5.41, 5.74) is 7.76. The van der Waals surface area contributed by atoms with Crippen LogP contribution >= 0.6 is 0 Å². The van der Waals surface area contributed by atoms with E-state index in [0.29, 0.717) is 12.8 Å². The van der Waals surface area contributed by atoms with Gasteiger partial charge in [0, 0.05) is 18.3 Å². The summed E-state index contributed by atoms with van der Waals surface area (Å²) < 4.78 is 0. The first-order valence-electron chi connectivity index (χ1n) is 11.8. The van der Waals surface area contributed by atoms with Gasteiger partial charge in [-0.05, 0) is 57.3 Å². The van der Waals surface area contributed by atoms with E-state index in [9.17, 15) is 19.8 Å². The second-order valence-electron chi connectivity index (χ2n) is 9.06. The molecule has 4 aromatic rings. The lowest BCUT2D eigenvalue weighted by atomic mass is 9.71. The van der Waals surface area contributed by atoms with Crippen molar-refractivity contribution < 1.29 is 19.8 Å². The Morgan fingerprint density at radius 3 is 1.31 bits per heavy atom. The van der Waals surface area contributed by atoms with Crippen LogP contribution in [0.15, 0.2) is 97.1 Å². The van der Waals surface area contributed by atoms with E-state index in [1.54, 1.807) is 0 Å². The standard InChI is InChI=1S/C31H26O4/c32-27(33)17-19-31(20-18-28(34)35)25-15-7-13-23(21-9-3-1-4-10-21)29(25)30-24(14-8-16-26(30)31)22-11-5-2-6-12-22/h1-16H,17-20H2,(H,32,33)(H,34,35). The van der Waals surface area contributed by atoms with E-state index >= 15 is 0 Å². The summed E-state index contributed by atoms with van der Waals surface area (Å²) in [6.07, 6.45) is 0.603. The Labute approximate surface area is 204 Å². The Kier molecular flexibility index (Phi) is 5.96. The maximum absolute atomic E-state index is 11.7. The van der Waals surface area contributed by atoms with Gasteiger partial charge in [0.2, 0.25) is 0 Å². The molecule has 0 bridgehead atoms. The van der Waals surface area contributed by atoms with Crippen molar-refractivity contribution in [3.63, 3.8) is 0 Å². The summed E-state index contributed by atoms with van der Waals surface area (Å²) in [6, 6.07) is 32.6. The minimum absolute atomic E-state index is 0.0381. The first-order valence-corrected chi connectivity index (χ1v) is 11.8. The number of fused-ring (bicyclic) bond motifs is 3. The number of rotatable bonds is 8. The van der Waals surface area contributed by atoms with E-state index in [1.807, 2.05) is 48.5 Å². The molecule has 4 aromatic carbocycles. The van der Waals surface area contributed by atoms with Crippen molar-refractivity contribution in [3.8, 4) is 33.4 Å². The zero-order chi connectivity index (χ0) is 24.4. The fraction of sp³-hybridized carbons (Fsp3) is 0.161. The minimum Gasteiger partial charge on any atom is -0.481 e. The van der Waals surface area contributed by atoms with Crippen molar-refractivity contribution >= 4 is 11.9 Å². The summed E-state index contributed by atoms with van der Waals surface area (Å²) >= 11 is 0. The van der Waals surface area contributed by atoms with Crippen molar-refractivity contribution in [2.45, 2.75) is 31.1 Å². The number of hydrogen-bond donors (Lipinski definition) is 2. The van der Waals surface area contributed by atoms with Crippen LogP contribution < -0.4 is 0 Å². The molecule has 0 heterocycles. The second kappa shape index (κ2) is 9.22. The molecule has 0 amide bonds. The number of benzene rings is 4. The van der Waals surface area contributed by atoms with Crippen LogP contribution in [-0.4, -0.2) is 22.2 Å². The third-order valence-electron chi connectivity index (χ3n) is 7.11. The molecule has 0 atom stereocenters. The average Bonchev–Trinajstić information content (AvgIpc) is 3.17. The molecule has 0 saturated heterocycles. The smallest absolute Gasteiger partial charge is 0.303 e. The molecule has 0 fully saturated rings. The molecule has 0 unspecified atom stereocenters. The third kappa shape index (κ3) is 4.01. The molecule has 35 heavy (non-hydrogen) atoms. The topological polar surface area (TPSA) is 74.6 Å². The van der Waals surface area contributed by atoms with Crippen LogP contribution in [0.4, 0.5) is 0 Å². The maximum atomic E-state index is 11.7. The van der Waals surface area contributed by atoms with Crippen LogP contribution in [0.5, 0.6) is 0 Å². The van der Waals surface area contributed by atoms with Gasteiger partial charge in [-0.15, -0.1) is 0 Å². The zero-order valence-corrected chi connectivity index (χ0v) is 19.3. The summed E-state index contributed by atoms with van der Waals surface area (Å²) in [5.74, 6) is -1.76. The second-order valence-corrected chi connectivity index (χ2v) is 9.06. The average molecular weight is 463 g/mol. The lowest BCUT2D eigenvalue weighted by molar-refractivity contribution is -0.137. The van der Waals surface area contributed by atoms with Gasteiger partial charge in [0.05, 0.1) is 0 Å². The molecule has 0 aromatic heterocycles. The Bertz CT molecular complexity index is 1280. The molecule has 4 heteroatoms. The lowest BCUT2D eigenvalue weighted by Crippen LogP contribution is -2.27. The summed E-state index contributed by atoms with van der Waals surface area (Å²) in [7, 11) is 0. The van der Waals surface area contributed by atoms with E-state index in [0.717, 1.165) is 44.5 Å². The molecule has 0 radical (unpaired) electrons. The van der Waals surface area contributed by atoms with Crippen LogP contribution in [0.25, 0.3) is 33.4 Å². The summed E-state index contributed by atoms with van der Waals surface area (Å²) in [4.78, 5) is 23.4. The largest absolute Gasteiger partial charge is 0.481 e. The SMILES string of the molecule is O=C(O)CCC1(CCC(=O)O)c2cccc(-c3ccccc3)c2-c2c(-c3ccccc3)cccc21. The molecule has 1 aliphatic rings. The molecule has 1 aliphatic carbocycles. The van der Waals surface area contributed by atoms with Crippen molar-refractivity contribution in [1.29, 1.82) is 0 Å². The molecule has 0 spiro atoms. The maximum Gasteiger partial charge on any atom is 0.303 e. The highest BCUT2D eigenvalue weighted by molar-refractivity contribution is 5.99. The third-order valence-corrected chi connectivity index (χ3v) is 7.11. The predicted molar refractivity (Wildman–Crippen MR) is 137 cm³/mol. The van der Waals surface area contributed by atoms with E-state index in [1.165, 1.54) is 0 Å². The molecule has 2 N–H and O–H groups in total. The van der Waals surface area contributed by atoms with Gasteiger partial charge in [0.25, 0.3) is 0 Å². The molecule has 4 nitrogen and oxygen atoms in total. The summed E-state index contributed by atoms with van der Waals surface area (Å²) in [6.45, 7) is 0. The predicted octanol–water partition coefficient (Wildman–Crippen LogP) is 7.02.